The molecular formula is C18H19ClO3. The van der Waals surface area contributed by atoms with E-state index < -0.39 is 0 Å². The van der Waals surface area contributed by atoms with Crippen molar-refractivity contribution in [2.24, 2.45) is 5.92 Å². The molecule has 0 spiro atoms. The maximum Gasteiger partial charge on any atom is 0.123 e. The zero-order chi connectivity index (χ0) is 16.1. The van der Waals surface area contributed by atoms with Crippen molar-refractivity contribution in [1.29, 1.82) is 0 Å². The molecule has 1 unspecified atom stereocenters. The molecule has 116 valence electrons. The minimum atomic E-state index is -0.265. The third kappa shape index (κ3) is 3.95. The van der Waals surface area contributed by atoms with Crippen LogP contribution in [0.2, 0.25) is 0 Å². The average Bonchev–Trinajstić information content (AvgIpc) is 2.50. The summed E-state index contributed by atoms with van der Waals surface area (Å²) in [7, 11) is 0. The summed E-state index contributed by atoms with van der Waals surface area (Å²) in [5.41, 5.74) is 2.87. The quantitative estimate of drug-likeness (QED) is 0.770. The first-order chi connectivity index (χ1) is 10.5. The normalized spacial score (nSPS) is 22.6. The molecule has 3 nitrogen and oxygen atoms in total. The Labute approximate surface area is 135 Å². The van der Waals surface area contributed by atoms with Gasteiger partial charge in [-0.3, -0.25) is 0 Å². The van der Waals surface area contributed by atoms with Crippen LogP contribution in [0, 0.1) is 12.8 Å². The van der Waals surface area contributed by atoms with Crippen LogP contribution < -0.4 is 0 Å². The van der Waals surface area contributed by atoms with Crippen LogP contribution in [0.15, 0.2) is 65.3 Å². The molecule has 1 atom stereocenters. The van der Waals surface area contributed by atoms with E-state index in [9.17, 15) is 5.11 Å². The van der Waals surface area contributed by atoms with Crippen LogP contribution >= 0.6 is 11.6 Å². The smallest absolute Gasteiger partial charge is 0.123 e. The Bertz CT molecular complexity index is 639. The van der Waals surface area contributed by atoms with Crippen LogP contribution in [0.5, 0.6) is 0 Å². The SMILES string of the molecule is C=C(O)C1CCOC(=C/c2ccc(C)cc2)/C1=C\C(Cl)=C\O. The van der Waals surface area contributed by atoms with Crippen LogP contribution in [0.3, 0.4) is 0 Å². The summed E-state index contributed by atoms with van der Waals surface area (Å²) in [5.74, 6) is 0.418. The van der Waals surface area contributed by atoms with Gasteiger partial charge in [-0.2, -0.15) is 0 Å². The molecule has 1 aliphatic heterocycles. The van der Waals surface area contributed by atoms with Crippen molar-refractivity contribution in [1.82, 2.24) is 0 Å². The van der Waals surface area contributed by atoms with Gasteiger partial charge in [0.2, 0.25) is 0 Å². The molecule has 0 radical (unpaired) electrons. The summed E-state index contributed by atoms with van der Waals surface area (Å²) in [6.07, 6.45) is 4.90. The number of hydrogen-bond donors (Lipinski definition) is 2. The van der Waals surface area contributed by atoms with Gasteiger partial charge in [-0.1, -0.05) is 48.0 Å². The van der Waals surface area contributed by atoms with Crippen molar-refractivity contribution >= 4 is 17.7 Å². The van der Waals surface area contributed by atoms with Crippen molar-refractivity contribution < 1.29 is 14.9 Å². The number of aliphatic hydroxyl groups excluding tert-OH is 2. The summed E-state index contributed by atoms with van der Waals surface area (Å²) < 4.78 is 5.72. The summed E-state index contributed by atoms with van der Waals surface area (Å²) in [6, 6.07) is 8.01. The lowest BCUT2D eigenvalue weighted by Gasteiger charge is -2.27. The molecule has 1 aliphatic rings. The first kappa shape index (κ1) is 16.2. The Kier molecular flexibility index (Phi) is 5.34. The van der Waals surface area contributed by atoms with Gasteiger partial charge in [0.15, 0.2) is 0 Å². The van der Waals surface area contributed by atoms with E-state index in [1.807, 2.05) is 37.3 Å². The molecule has 1 saturated heterocycles. The number of allylic oxidation sites excluding steroid dienone is 4. The third-order valence-corrected chi connectivity index (χ3v) is 3.72. The number of rotatable bonds is 3. The molecule has 0 saturated carbocycles. The highest BCUT2D eigenvalue weighted by molar-refractivity contribution is 6.31. The Morgan fingerprint density at radius 1 is 1.36 bits per heavy atom. The predicted molar refractivity (Wildman–Crippen MR) is 89.6 cm³/mol. The molecule has 2 rings (SSSR count). The van der Waals surface area contributed by atoms with Gasteiger partial charge in [-0.15, -0.1) is 0 Å². The molecule has 1 fully saturated rings. The van der Waals surface area contributed by atoms with E-state index in [1.165, 1.54) is 5.56 Å². The second-order valence-corrected chi connectivity index (χ2v) is 5.65. The first-order valence-electron chi connectivity index (χ1n) is 7.02. The predicted octanol–water partition coefficient (Wildman–Crippen LogP) is 5.01. The molecule has 1 aromatic rings. The van der Waals surface area contributed by atoms with Crippen LogP contribution in [0.25, 0.3) is 6.08 Å². The fourth-order valence-electron chi connectivity index (χ4n) is 2.34. The van der Waals surface area contributed by atoms with E-state index in [4.69, 9.17) is 21.4 Å². The number of halogens is 1. The fraction of sp³-hybridized carbons (Fsp3) is 0.222. The lowest BCUT2D eigenvalue weighted by Crippen LogP contribution is -2.19. The van der Waals surface area contributed by atoms with Gasteiger partial charge in [0.1, 0.15) is 5.76 Å². The monoisotopic (exact) mass is 318 g/mol. The number of aryl methyl sites for hydroxylation is 1. The number of benzene rings is 1. The Balaban J connectivity index is 2.44. The van der Waals surface area contributed by atoms with Crippen molar-refractivity contribution in [2.75, 3.05) is 6.61 Å². The van der Waals surface area contributed by atoms with Crippen LogP contribution in [-0.4, -0.2) is 16.8 Å². The summed E-state index contributed by atoms with van der Waals surface area (Å²) in [5, 5.41) is 19.0. The van der Waals surface area contributed by atoms with E-state index >= 15 is 0 Å². The average molecular weight is 319 g/mol. The highest BCUT2D eigenvalue weighted by atomic mass is 35.5. The molecule has 1 aromatic carbocycles. The summed E-state index contributed by atoms with van der Waals surface area (Å²) in [6.45, 7) is 6.13. The Hall–Kier alpha value is -2.13. The second kappa shape index (κ2) is 7.23. The number of aliphatic hydroxyl groups is 2. The maximum absolute atomic E-state index is 9.81. The third-order valence-electron chi connectivity index (χ3n) is 3.52. The van der Waals surface area contributed by atoms with Gasteiger partial charge in [-0.05, 0) is 31.1 Å². The molecule has 0 aliphatic carbocycles. The highest BCUT2D eigenvalue weighted by Crippen LogP contribution is 2.35. The van der Waals surface area contributed by atoms with Crippen LogP contribution in [-0.2, 0) is 4.74 Å². The van der Waals surface area contributed by atoms with Crippen molar-refractivity contribution in [3.05, 3.63) is 76.4 Å². The number of ether oxygens (including phenoxy) is 1. The zero-order valence-corrected chi connectivity index (χ0v) is 13.2. The molecule has 0 aromatic heterocycles. The van der Waals surface area contributed by atoms with Gasteiger partial charge in [-0.25, -0.2) is 0 Å². The number of hydrogen-bond acceptors (Lipinski definition) is 3. The largest absolute Gasteiger partial charge is 0.514 e. The Morgan fingerprint density at radius 2 is 2.05 bits per heavy atom. The van der Waals surface area contributed by atoms with Gasteiger partial charge in [0.05, 0.1) is 23.7 Å². The van der Waals surface area contributed by atoms with Crippen LogP contribution in [0.4, 0.5) is 0 Å². The van der Waals surface area contributed by atoms with E-state index in [-0.39, 0.29) is 16.7 Å². The molecule has 4 heteroatoms. The van der Waals surface area contributed by atoms with Gasteiger partial charge < -0.3 is 14.9 Å². The molecule has 0 bridgehead atoms. The zero-order valence-electron chi connectivity index (χ0n) is 12.4. The van der Waals surface area contributed by atoms with E-state index in [2.05, 4.69) is 6.58 Å². The highest BCUT2D eigenvalue weighted by Gasteiger charge is 2.26. The van der Waals surface area contributed by atoms with Gasteiger partial charge in [0.25, 0.3) is 0 Å². The van der Waals surface area contributed by atoms with Crippen LogP contribution in [0.1, 0.15) is 17.5 Å². The molecule has 0 amide bonds. The van der Waals surface area contributed by atoms with Crippen molar-refractivity contribution in [3.63, 3.8) is 0 Å². The van der Waals surface area contributed by atoms with Gasteiger partial charge in [0, 0.05) is 11.5 Å². The van der Waals surface area contributed by atoms with Gasteiger partial charge >= 0.3 is 0 Å². The second-order valence-electron chi connectivity index (χ2n) is 5.21. The minimum absolute atomic E-state index is 0.0618. The van der Waals surface area contributed by atoms with E-state index in [0.29, 0.717) is 24.4 Å². The molecule has 1 heterocycles. The summed E-state index contributed by atoms with van der Waals surface area (Å²) >= 11 is 5.90. The van der Waals surface area contributed by atoms with Crippen molar-refractivity contribution in [2.45, 2.75) is 13.3 Å². The lowest BCUT2D eigenvalue weighted by atomic mass is 9.89. The lowest BCUT2D eigenvalue weighted by molar-refractivity contribution is 0.164. The maximum atomic E-state index is 9.81. The summed E-state index contributed by atoms with van der Waals surface area (Å²) in [4.78, 5) is 0. The molecule has 2 N–H and O–H groups in total. The van der Waals surface area contributed by atoms with E-state index in [1.54, 1.807) is 6.08 Å². The topological polar surface area (TPSA) is 49.7 Å². The first-order valence-corrected chi connectivity index (χ1v) is 7.40. The fourth-order valence-corrected chi connectivity index (χ4v) is 2.46. The minimum Gasteiger partial charge on any atom is -0.514 e. The molecular weight excluding hydrogens is 300 g/mol. The standard InChI is InChI=1S/C18H19ClO3/c1-12-3-5-14(6-4-12)9-18-17(10-15(19)11-20)16(13(2)21)7-8-22-18/h3-6,9-11,16,20-21H,2,7-8H2,1H3/b15-11-,17-10-,18-9+. The van der Waals surface area contributed by atoms with E-state index in [0.717, 1.165) is 11.8 Å². The Morgan fingerprint density at radius 3 is 2.64 bits per heavy atom. The van der Waals surface area contributed by atoms with Crippen molar-refractivity contribution in [3.8, 4) is 0 Å². The molecule has 22 heavy (non-hydrogen) atoms.